The van der Waals surface area contributed by atoms with E-state index in [1.165, 1.54) is 0 Å². The summed E-state index contributed by atoms with van der Waals surface area (Å²) in [5.74, 6) is 0. The molecule has 0 fully saturated rings. The molecule has 0 aromatic heterocycles. The lowest BCUT2D eigenvalue weighted by Gasteiger charge is -1.90. The Hall–Kier alpha value is -0.510. The smallest absolute Gasteiger partial charge is 0.0813 e. The van der Waals surface area contributed by atoms with Gasteiger partial charge in [-0.05, 0) is 0 Å². The summed E-state index contributed by atoms with van der Waals surface area (Å²) < 4.78 is 0. The Labute approximate surface area is 38.8 Å². The molecule has 0 rings (SSSR count). The van der Waals surface area contributed by atoms with Crippen LogP contribution in [0, 0.1) is 6.57 Å². The molecule has 0 aromatic rings. The molecule has 1 heteroatoms. The molecular formula is C5H10N+. The fourth-order valence-corrected chi connectivity index (χ4v) is 0. The minimum absolute atomic E-state index is 0.0556. The van der Waals surface area contributed by atoms with E-state index in [1.807, 2.05) is 20.8 Å². The summed E-state index contributed by atoms with van der Waals surface area (Å²) in [5.41, 5.74) is -0.0556. The molecule has 0 saturated carbocycles. The van der Waals surface area contributed by atoms with Crippen LogP contribution in [0.4, 0.5) is 0 Å². The Morgan fingerprint density at radius 2 is 1.50 bits per heavy atom. The number of rotatable bonds is 0. The highest BCUT2D eigenvalue weighted by atomic mass is 14.7. The molecule has 0 unspecified atom stereocenters. The summed E-state index contributed by atoms with van der Waals surface area (Å²) in [7, 11) is 0. The Morgan fingerprint density at radius 3 is 1.50 bits per heavy atom. The van der Waals surface area contributed by atoms with Crippen molar-refractivity contribution in [3.8, 4) is 6.57 Å². The maximum Gasteiger partial charge on any atom is 0.272 e. The first kappa shape index (κ1) is 5.49. The van der Waals surface area contributed by atoms with Crippen molar-refractivity contribution in [2.24, 2.45) is 0 Å². The van der Waals surface area contributed by atoms with Crippen molar-refractivity contribution in [2.75, 3.05) is 0 Å². The van der Waals surface area contributed by atoms with Crippen LogP contribution in [-0.2, 0) is 0 Å². The molecule has 1 nitrogen and oxygen atoms in total. The zero-order valence-corrected chi connectivity index (χ0v) is 4.52. The molecule has 0 atom stereocenters. The van der Waals surface area contributed by atoms with Gasteiger partial charge in [0.2, 0.25) is 0 Å². The number of hydrogen-bond acceptors (Lipinski definition) is 0. The molecule has 0 heterocycles. The fraction of sp³-hybridized carbons (Fsp3) is 0.800. The summed E-state index contributed by atoms with van der Waals surface area (Å²) in [6.45, 7) is 10.8. The summed E-state index contributed by atoms with van der Waals surface area (Å²) in [6, 6.07) is 0. The van der Waals surface area contributed by atoms with E-state index < -0.39 is 0 Å². The predicted octanol–water partition coefficient (Wildman–Crippen LogP) is 1.75. The Morgan fingerprint density at radius 1 is 1.33 bits per heavy atom. The average molecular weight is 84.1 g/mol. The molecule has 6 heavy (non-hydrogen) atoms. The highest BCUT2D eigenvalue weighted by Crippen LogP contribution is 2.03. The molecule has 0 amide bonds. The van der Waals surface area contributed by atoms with Gasteiger partial charge in [-0.3, -0.25) is 0 Å². The predicted molar refractivity (Wildman–Crippen MR) is 28.1 cm³/mol. The van der Waals surface area contributed by atoms with Crippen LogP contribution in [0.1, 0.15) is 20.8 Å². The maximum absolute atomic E-state index is 4.93. The molecule has 0 aliphatic heterocycles. The lowest BCUT2D eigenvalue weighted by molar-refractivity contribution is 0.690. The van der Waals surface area contributed by atoms with E-state index in [0.29, 0.717) is 0 Å². The third kappa shape index (κ3) is 3.49. The third-order valence-electron chi connectivity index (χ3n) is 0.387. The summed E-state index contributed by atoms with van der Waals surface area (Å²) >= 11 is 0. The normalized spacial score (nSPS) is 10.3. The highest BCUT2D eigenvalue weighted by molar-refractivity contribution is 4.87. The second-order valence-electron chi connectivity index (χ2n) is 2.30. The first-order valence-corrected chi connectivity index (χ1v) is 1.98. The lowest BCUT2D eigenvalue weighted by Crippen LogP contribution is -2.04. The molecule has 0 bridgehead atoms. The van der Waals surface area contributed by atoms with Gasteiger partial charge in [-0.25, -0.2) is 0 Å². The van der Waals surface area contributed by atoms with E-state index >= 15 is 0 Å². The Kier molecular flexibility index (Phi) is 1.19. The maximum atomic E-state index is 4.93. The monoisotopic (exact) mass is 84.1 g/mol. The van der Waals surface area contributed by atoms with Gasteiger partial charge in [-0.15, -0.1) is 0 Å². The van der Waals surface area contributed by atoms with Crippen molar-refractivity contribution >= 4 is 0 Å². The van der Waals surface area contributed by atoms with Gasteiger partial charge in [-0.2, -0.15) is 0 Å². The molecular weight excluding hydrogens is 74.1 g/mol. The van der Waals surface area contributed by atoms with Crippen molar-refractivity contribution in [1.82, 2.24) is 0 Å². The summed E-state index contributed by atoms with van der Waals surface area (Å²) in [4.78, 5) is 3.52. The molecule has 0 aliphatic rings. The van der Waals surface area contributed by atoms with Crippen LogP contribution in [0.15, 0.2) is 0 Å². The van der Waals surface area contributed by atoms with Gasteiger partial charge in [-0.1, -0.05) is 4.85 Å². The minimum Gasteiger partial charge on any atom is -0.0813 e. The van der Waals surface area contributed by atoms with Gasteiger partial charge in [0, 0.05) is 20.8 Å². The van der Waals surface area contributed by atoms with E-state index in [-0.39, 0.29) is 5.54 Å². The topological polar surface area (TPSA) is 4.36 Å². The molecule has 0 spiro atoms. The van der Waals surface area contributed by atoms with Crippen LogP contribution < -0.4 is 0 Å². The first-order valence-electron chi connectivity index (χ1n) is 1.98. The summed E-state index contributed by atoms with van der Waals surface area (Å²) in [6.07, 6.45) is 0. The van der Waals surface area contributed by atoms with Crippen molar-refractivity contribution in [1.29, 1.82) is 0 Å². The Bertz CT molecular complexity index is 70.9. The van der Waals surface area contributed by atoms with Gasteiger partial charge in [0.25, 0.3) is 12.1 Å². The molecule has 0 radical (unpaired) electrons. The van der Waals surface area contributed by atoms with Gasteiger partial charge in [0.15, 0.2) is 0 Å². The third-order valence-corrected chi connectivity index (χ3v) is 0.387. The van der Waals surface area contributed by atoms with Crippen LogP contribution in [0.5, 0.6) is 0 Å². The second-order valence-corrected chi connectivity index (χ2v) is 2.30. The van der Waals surface area contributed by atoms with Gasteiger partial charge in [0.1, 0.15) is 0 Å². The zero-order chi connectivity index (χ0) is 5.21. The van der Waals surface area contributed by atoms with Crippen LogP contribution >= 0.6 is 0 Å². The van der Waals surface area contributed by atoms with E-state index in [9.17, 15) is 0 Å². The molecule has 0 aliphatic carbocycles. The van der Waals surface area contributed by atoms with E-state index in [0.717, 1.165) is 0 Å². The van der Waals surface area contributed by atoms with Crippen LogP contribution in [0.2, 0.25) is 0 Å². The van der Waals surface area contributed by atoms with E-state index in [2.05, 4.69) is 4.85 Å². The van der Waals surface area contributed by atoms with Gasteiger partial charge < -0.3 is 0 Å². The highest BCUT2D eigenvalue weighted by Gasteiger charge is 2.16. The quantitative estimate of drug-likeness (QED) is 0.421. The van der Waals surface area contributed by atoms with Gasteiger partial charge in [0.05, 0.1) is 0 Å². The average Bonchev–Trinajstić information content (AvgIpc) is 1.35. The van der Waals surface area contributed by atoms with Crippen LogP contribution in [-0.4, -0.2) is 5.54 Å². The van der Waals surface area contributed by atoms with Crippen molar-refractivity contribution < 1.29 is 0 Å². The zero-order valence-electron chi connectivity index (χ0n) is 4.52. The van der Waals surface area contributed by atoms with Crippen molar-refractivity contribution in [3.05, 3.63) is 4.85 Å². The molecule has 0 N–H and O–H groups in total. The minimum atomic E-state index is -0.0556. The molecule has 34 valence electrons. The first-order chi connectivity index (χ1) is 2.56. The number of nitrogens with zero attached hydrogens (tertiary/aromatic N) is 1. The molecule has 0 aromatic carbocycles. The summed E-state index contributed by atoms with van der Waals surface area (Å²) in [5, 5.41) is 0. The number of hydrogen-bond donors (Lipinski definition) is 0. The fourth-order valence-electron chi connectivity index (χ4n) is 0. The molecule has 0 saturated heterocycles. The largest absolute Gasteiger partial charge is 0.272 e. The van der Waals surface area contributed by atoms with Gasteiger partial charge >= 0.3 is 0 Å². The second kappa shape index (κ2) is 1.30. The van der Waals surface area contributed by atoms with E-state index in [4.69, 9.17) is 6.57 Å². The van der Waals surface area contributed by atoms with Crippen LogP contribution in [0.3, 0.4) is 0 Å². The van der Waals surface area contributed by atoms with Crippen molar-refractivity contribution in [2.45, 2.75) is 26.3 Å². The lowest BCUT2D eigenvalue weighted by atomic mass is 10.1. The standard InChI is InChI=1S/C5H10N/c1-5(2,3)6-4/h4H,1-3H3/q+1. The van der Waals surface area contributed by atoms with E-state index in [1.54, 1.807) is 0 Å². The Balaban J connectivity index is 3.55. The van der Waals surface area contributed by atoms with Crippen molar-refractivity contribution in [3.63, 3.8) is 0 Å². The van der Waals surface area contributed by atoms with Crippen LogP contribution in [0.25, 0.3) is 4.85 Å². The SMILES string of the molecule is C#[N+]C(C)(C)C.